The maximum absolute atomic E-state index is 12.4. The van der Waals surface area contributed by atoms with Crippen molar-refractivity contribution in [2.24, 2.45) is 0 Å². The minimum atomic E-state index is -0.532. The highest BCUT2D eigenvalue weighted by Crippen LogP contribution is 2.28. The zero-order chi connectivity index (χ0) is 20.4. The maximum atomic E-state index is 12.4. The number of ether oxygens (including phenoxy) is 3. The molecule has 148 valence electrons. The summed E-state index contributed by atoms with van der Waals surface area (Å²) in [5.41, 5.74) is 2.06. The van der Waals surface area contributed by atoms with E-state index < -0.39 is 6.10 Å². The van der Waals surface area contributed by atoms with Gasteiger partial charge in [-0.25, -0.2) is 0 Å². The minimum Gasteiger partial charge on any atom is -0.493 e. The van der Waals surface area contributed by atoms with Crippen molar-refractivity contribution in [1.29, 1.82) is 0 Å². The van der Waals surface area contributed by atoms with Crippen molar-refractivity contribution in [2.75, 3.05) is 27.4 Å². The Bertz CT molecular complexity index is 814. The number of carbonyl (C=O) groups is 1. The summed E-state index contributed by atoms with van der Waals surface area (Å²) in [4.78, 5) is 12.4. The molecule has 0 saturated heterocycles. The van der Waals surface area contributed by atoms with Crippen molar-refractivity contribution in [1.82, 2.24) is 5.32 Å². The van der Waals surface area contributed by atoms with Gasteiger partial charge in [0.05, 0.1) is 7.11 Å². The second kappa shape index (κ2) is 11.4. The van der Waals surface area contributed by atoms with Crippen LogP contribution in [0.5, 0.6) is 11.5 Å². The number of methoxy groups -OCH3 is 2. The number of amides is 1. The quantitative estimate of drug-likeness (QED) is 0.569. The lowest BCUT2D eigenvalue weighted by molar-refractivity contribution is -0.130. The number of rotatable bonds is 10. The second-order valence-corrected chi connectivity index (χ2v) is 6.99. The van der Waals surface area contributed by atoms with E-state index in [0.717, 1.165) is 15.6 Å². The van der Waals surface area contributed by atoms with Gasteiger partial charge in [0.15, 0.2) is 11.5 Å². The highest BCUT2D eigenvalue weighted by Gasteiger charge is 2.18. The molecule has 1 amide bonds. The molecule has 2 aromatic rings. The molecule has 2 aromatic carbocycles. The number of carbonyl (C=O) groups excluding carboxylic acids is 1. The molecule has 6 heteroatoms. The molecule has 0 aliphatic heterocycles. The van der Waals surface area contributed by atoms with Gasteiger partial charge in [0.1, 0.15) is 12.7 Å². The van der Waals surface area contributed by atoms with Crippen LogP contribution in [0.2, 0.25) is 0 Å². The van der Waals surface area contributed by atoms with E-state index in [2.05, 4.69) is 27.2 Å². The fourth-order valence-electron chi connectivity index (χ4n) is 2.67. The molecule has 1 atom stereocenters. The number of halogens is 1. The smallest absolute Gasteiger partial charge is 0.249 e. The van der Waals surface area contributed by atoms with Gasteiger partial charge in [-0.3, -0.25) is 4.79 Å². The van der Waals surface area contributed by atoms with Gasteiger partial charge in [-0.1, -0.05) is 40.0 Å². The van der Waals surface area contributed by atoms with Gasteiger partial charge in [0.2, 0.25) is 5.91 Å². The van der Waals surface area contributed by atoms with E-state index >= 15 is 0 Å². The molecule has 0 aliphatic carbocycles. The van der Waals surface area contributed by atoms with E-state index in [1.54, 1.807) is 14.2 Å². The first-order valence-corrected chi connectivity index (χ1v) is 9.64. The summed E-state index contributed by atoms with van der Waals surface area (Å²) < 4.78 is 17.1. The van der Waals surface area contributed by atoms with Gasteiger partial charge in [-0.05, 0) is 41.8 Å². The Kier molecular flexibility index (Phi) is 8.86. The SMILES string of the molecule is C#CCOc1ccc(CCNC(=O)[C@@H](Cc2ccc(Br)cc2)OC)cc1OC. The first-order valence-electron chi connectivity index (χ1n) is 8.85. The van der Waals surface area contributed by atoms with E-state index in [9.17, 15) is 4.79 Å². The number of benzene rings is 2. The van der Waals surface area contributed by atoms with E-state index in [4.69, 9.17) is 20.6 Å². The monoisotopic (exact) mass is 445 g/mol. The van der Waals surface area contributed by atoms with Crippen molar-refractivity contribution in [3.8, 4) is 23.8 Å². The van der Waals surface area contributed by atoms with E-state index in [-0.39, 0.29) is 12.5 Å². The van der Waals surface area contributed by atoms with Crippen LogP contribution in [0.4, 0.5) is 0 Å². The Morgan fingerprint density at radius 2 is 1.86 bits per heavy atom. The zero-order valence-corrected chi connectivity index (χ0v) is 17.6. The highest BCUT2D eigenvalue weighted by atomic mass is 79.9. The van der Waals surface area contributed by atoms with E-state index in [1.807, 2.05) is 42.5 Å². The topological polar surface area (TPSA) is 56.8 Å². The number of nitrogens with one attached hydrogen (secondary N) is 1. The Balaban J connectivity index is 1.87. The van der Waals surface area contributed by atoms with Crippen LogP contribution >= 0.6 is 15.9 Å². The normalized spacial score (nSPS) is 11.4. The van der Waals surface area contributed by atoms with Gasteiger partial charge in [0, 0.05) is 24.5 Å². The van der Waals surface area contributed by atoms with Crippen LogP contribution in [0.25, 0.3) is 0 Å². The molecule has 28 heavy (non-hydrogen) atoms. The molecule has 0 radical (unpaired) electrons. The molecule has 0 aromatic heterocycles. The average molecular weight is 446 g/mol. The van der Waals surface area contributed by atoms with Crippen LogP contribution in [0, 0.1) is 12.3 Å². The van der Waals surface area contributed by atoms with E-state index in [0.29, 0.717) is 30.9 Å². The van der Waals surface area contributed by atoms with Crippen LogP contribution in [0.1, 0.15) is 11.1 Å². The lowest BCUT2D eigenvalue weighted by atomic mass is 10.1. The van der Waals surface area contributed by atoms with Gasteiger partial charge in [0.25, 0.3) is 0 Å². The molecule has 0 heterocycles. The molecule has 0 spiro atoms. The van der Waals surface area contributed by atoms with Crippen LogP contribution in [-0.4, -0.2) is 39.4 Å². The fraction of sp³-hybridized carbons (Fsp3) is 0.318. The van der Waals surface area contributed by atoms with Gasteiger partial charge >= 0.3 is 0 Å². The minimum absolute atomic E-state index is 0.133. The van der Waals surface area contributed by atoms with Crippen molar-refractivity contribution < 1.29 is 19.0 Å². The summed E-state index contributed by atoms with van der Waals surface area (Å²) in [5, 5.41) is 2.93. The summed E-state index contributed by atoms with van der Waals surface area (Å²) in [6.45, 7) is 0.676. The number of hydrogen-bond donors (Lipinski definition) is 1. The Labute approximate surface area is 174 Å². The molecule has 1 N–H and O–H groups in total. The molecule has 0 fully saturated rings. The summed E-state index contributed by atoms with van der Waals surface area (Å²) in [5.74, 6) is 3.51. The third-order valence-electron chi connectivity index (χ3n) is 4.16. The number of terminal acetylenes is 1. The Hall–Kier alpha value is -2.49. The average Bonchev–Trinajstić information content (AvgIpc) is 2.72. The van der Waals surface area contributed by atoms with Gasteiger partial charge < -0.3 is 19.5 Å². The Morgan fingerprint density at radius 3 is 2.50 bits per heavy atom. The summed E-state index contributed by atoms with van der Waals surface area (Å²) in [6, 6.07) is 13.5. The molecule has 0 bridgehead atoms. The molecule has 5 nitrogen and oxygen atoms in total. The molecular weight excluding hydrogens is 422 g/mol. The first-order chi connectivity index (χ1) is 13.6. The maximum Gasteiger partial charge on any atom is 0.249 e. The first kappa shape index (κ1) is 21.8. The zero-order valence-electron chi connectivity index (χ0n) is 16.0. The second-order valence-electron chi connectivity index (χ2n) is 6.07. The largest absolute Gasteiger partial charge is 0.493 e. The summed E-state index contributed by atoms with van der Waals surface area (Å²) in [7, 11) is 3.12. The third kappa shape index (κ3) is 6.59. The molecular formula is C22H24BrNO4. The molecule has 0 aliphatic rings. The van der Waals surface area contributed by atoms with E-state index in [1.165, 1.54) is 0 Å². The van der Waals surface area contributed by atoms with Crippen molar-refractivity contribution >= 4 is 21.8 Å². The highest BCUT2D eigenvalue weighted by molar-refractivity contribution is 9.10. The Morgan fingerprint density at radius 1 is 1.14 bits per heavy atom. The van der Waals surface area contributed by atoms with Crippen molar-refractivity contribution in [2.45, 2.75) is 18.9 Å². The standard InChI is InChI=1S/C22H24BrNO4/c1-4-13-28-19-10-7-17(14-20(19)26-2)11-12-24-22(25)21(27-3)15-16-5-8-18(23)9-6-16/h1,5-10,14,21H,11-13,15H2,2-3H3,(H,24,25)/t21-/m1/s1. The lowest BCUT2D eigenvalue weighted by Gasteiger charge is -2.16. The predicted octanol–water partition coefficient (Wildman–Crippen LogP) is 3.39. The summed E-state index contributed by atoms with van der Waals surface area (Å²) >= 11 is 3.41. The van der Waals surface area contributed by atoms with Crippen molar-refractivity contribution in [3.05, 3.63) is 58.1 Å². The lowest BCUT2D eigenvalue weighted by Crippen LogP contribution is -2.38. The van der Waals surface area contributed by atoms with Gasteiger partial charge in [-0.15, -0.1) is 6.42 Å². The fourth-order valence-corrected chi connectivity index (χ4v) is 2.93. The van der Waals surface area contributed by atoms with Crippen LogP contribution < -0.4 is 14.8 Å². The van der Waals surface area contributed by atoms with Crippen LogP contribution in [0.15, 0.2) is 46.9 Å². The van der Waals surface area contributed by atoms with Crippen molar-refractivity contribution in [3.63, 3.8) is 0 Å². The van der Waals surface area contributed by atoms with Gasteiger partial charge in [-0.2, -0.15) is 0 Å². The third-order valence-corrected chi connectivity index (χ3v) is 4.69. The van der Waals surface area contributed by atoms with Crippen LogP contribution in [0.3, 0.4) is 0 Å². The number of hydrogen-bond acceptors (Lipinski definition) is 4. The predicted molar refractivity (Wildman–Crippen MR) is 113 cm³/mol. The molecule has 0 unspecified atom stereocenters. The molecule has 0 saturated carbocycles. The molecule has 2 rings (SSSR count). The van der Waals surface area contributed by atoms with Crippen LogP contribution in [-0.2, 0) is 22.4 Å². The summed E-state index contributed by atoms with van der Waals surface area (Å²) in [6.07, 6.45) is 5.86.